The smallest absolute Gasteiger partial charge is 0.0684 e. The van der Waals surface area contributed by atoms with E-state index in [0.29, 0.717) is 6.42 Å². The summed E-state index contributed by atoms with van der Waals surface area (Å²) in [6.45, 7) is 7.25. The molecule has 1 atom stereocenters. The van der Waals surface area contributed by atoms with E-state index in [0.717, 1.165) is 19.4 Å². The second-order valence-electron chi connectivity index (χ2n) is 4.33. The van der Waals surface area contributed by atoms with Gasteiger partial charge in [0.05, 0.1) is 12.1 Å². The number of rotatable bonds is 6. The monoisotopic (exact) mass is 192 g/mol. The van der Waals surface area contributed by atoms with Crippen molar-refractivity contribution in [3.05, 3.63) is 0 Å². The van der Waals surface area contributed by atoms with Gasteiger partial charge in [0.1, 0.15) is 0 Å². The number of hydrogen-bond acceptors (Lipinski definition) is 2. The quantitative estimate of drug-likeness (QED) is 0.656. The second kappa shape index (κ2) is 6.46. The van der Waals surface area contributed by atoms with Gasteiger partial charge < -0.3 is 5.32 Å². The molecule has 2 nitrogen and oxygen atoms in total. The molecule has 0 amide bonds. The Hall–Kier alpha value is -0.990. The minimum absolute atomic E-state index is 0.153. The molecule has 78 valence electrons. The highest BCUT2D eigenvalue weighted by molar-refractivity contribution is 4.98. The Morgan fingerprint density at radius 1 is 1.50 bits per heavy atom. The van der Waals surface area contributed by atoms with Crippen LogP contribution in [0.3, 0.4) is 0 Å². The van der Waals surface area contributed by atoms with Gasteiger partial charge in [0.15, 0.2) is 0 Å². The van der Waals surface area contributed by atoms with Crippen LogP contribution in [0.4, 0.5) is 0 Å². The predicted octanol–water partition coefficient (Wildman–Crippen LogP) is 2.32. The predicted molar refractivity (Wildman–Crippen MR) is 59.5 cm³/mol. The van der Waals surface area contributed by atoms with Crippen molar-refractivity contribution in [2.45, 2.75) is 46.1 Å². The molecule has 0 saturated heterocycles. The van der Waals surface area contributed by atoms with Crippen molar-refractivity contribution in [1.29, 1.82) is 5.26 Å². The number of nitrogens with one attached hydrogen (secondary N) is 1. The third-order valence-corrected chi connectivity index (χ3v) is 2.35. The lowest BCUT2D eigenvalue weighted by atomic mass is 9.87. The first-order valence-electron chi connectivity index (χ1n) is 5.12. The minimum atomic E-state index is 0.153. The molecule has 2 heteroatoms. The Morgan fingerprint density at radius 2 is 2.14 bits per heavy atom. The largest absolute Gasteiger partial charge is 0.303 e. The SMILES string of the molecule is C#CC(CC)NCC(C)(C)CCC#N. The summed E-state index contributed by atoms with van der Waals surface area (Å²) in [4.78, 5) is 0. The Morgan fingerprint density at radius 3 is 2.57 bits per heavy atom. The summed E-state index contributed by atoms with van der Waals surface area (Å²) >= 11 is 0. The highest BCUT2D eigenvalue weighted by atomic mass is 14.9. The van der Waals surface area contributed by atoms with E-state index in [1.165, 1.54) is 0 Å². The molecule has 0 aromatic rings. The molecule has 0 bridgehead atoms. The molecule has 0 spiro atoms. The van der Waals surface area contributed by atoms with Crippen LogP contribution in [0, 0.1) is 29.1 Å². The van der Waals surface area contributed by atoms with Crippen molar-refractivity contribution in [2.75, 3.05) is 6.54 Å². The van der Waals surface area contributed by atoms with E-state index < -0.39 is 0 Å². The maximum Gasteiger partial charge on any atom is 0.0684 e. The van der Waals surface area contributed by atoms with E-state index in [9.17, 15) is 0 Å². The van der Waals surface area contributed by atoms with Gasteiger partial charge in [-0.05, 0) is 18.3 Å². The fraction of sp³-hybridized carbons (Fsp3) is 0.750. The topological polar surface area (TPSA) is 35.8 Å². The molecule has 0 aliphatic rings. The van der Waals surface area contributed by atoms with Gasteiger partial charge in [0.25, 0.3) is 0 Å². The van der Waals surface area contributed by atoms with E-state index >= 15 is 0 Å². The summed E-state index contributed by atoms with van der Waals surface area (Å²) in [7, 11) is 0. The second-order valence-corrected chi connectivity index (χ2v) is 4.33. The number of nitriles is 1. The molecule has 0 aliphatic heterocycles. The molecule has 0 aromatic carbocycles. The summed E-state index contributed by atoms with van der Waals surface area (Å²) in [6, 6.07) is 2.33. The fourth-order valence-corrected chi connectivity index (χ4v) is 1.20. The van der Waals surface area contributed by atoms with Gasteiger partial charge in [0.2, 0.25) is 0 Å². The average molecular weight is 192 g/mol. The van der Waals surface area contributed by atoms with Crippen molar-refractivity contribution < 1.29 is 0 Å². The molecule has 14 heavy (non-hydrogen) atoms. The van der Waals surface area contributed by atoms with Gasteiger partial charge in [-0.15, -0.1) is 6.42 Å². The first-order valence-corrected chi connectivity index (χ1v) is 5.12. The van der Waals surface area contributed by atoms with Crippen LogP contribution in [0.15, 0.2) is 0 Å². The first kappa shape index (κ1) is 13.0. The molecule has 0 aromatic heterocycles. The van der Waals surface area contributed by atoms with Crippen molar-refractivity contribution >= 4 is 0 Å². The maximum atomic E-state index is 8.50. The molecule has 0 rings (SSSR count). The van der Waals surface area contributed by atoms with Crippen molar-refractivity contribution in [2.24, 2.45) is 5.41 Å². The normalized spacial score (nSPS) is 12.9. The summed E-state index contributed by atoms with van der Waals surface area (Å²) in [5, 5.41) is 11.8. The van der Waals surface area contributed by atoms with Crippen LogP contribution in [0.5, 0.6) is 0 Å². The molecule has 0 aliphatic carbocycles. The molecule has 0 heterocycles. The maximum absolute atomic E-state index is 8.50. The highest BCUT2D eigenvalue weighted by Gasteiger charge is 2.17. The zero-order chi connectivity index (χ0) is 11.0. The van der Waals surface area contributed by atoms with Crippen LogP contribution in [0.25, 0.3) is 0 Å². The van der Waals surface area contributed by atoms with Crippen LogP contribution < -0.4 is 5.32 Å². The summed E-state index contributed by atoms with van der Waals surface area (Å²) < 4.78 is 0. The van der Waals surface area contributed by atoms with Gasteiger partial charge in [-0.25, -0.2) is 0 Å². The number of hydrogen-bond donors (Lipinski definition) is 1. The van der Waals surface area contributed by atoms with Gasteiger partial charge >= 0.3 is 0 Å². The zero-order valence-corrected chi connectivity index (χ0v) is 9.43. The third-order valence-electron chi connectivity index (χ3n) is 2.35. The van der Waals surface area contributed by atoms with Crippen LogP contribution >= 0.6 is 0 Å². The van der Waals surface area contributed by atoms with Gasteiger partial charge in [-0.3, -0.25) is 0 Å². The molecule has 1 unspecified atom stereocenters. The van der Waals surface area contributed by atoms with Gasteiger partial charge in [-0.2, -0.15) is 5.26 Å². The lowest BCUT2D eigenvalue weighted by Gasteiger charge is -2.25. The number of nitrogens with zero attached hydrogens (tertiary/aromatic N) is 1. The summed E-state index contributed by atoms with van der Waals surface area (Å²) in [6.07, 6.45) is 7.82. The zero-order valence-electron chi connectivity index (χ0n) is 9.43. The highest BCUT2D eigenvalue weighted by Crippen LogP contribution is 2.20. The molecule has 0 radical (unpaired) electrons. The van der Waals surface area contributed by atoms with Crippen molar-refractivity contribution in [1.82, 2.24) is 5.32 Å². The van der Waals surface area contributed by atoms with E-state index in [1.807, 2.05) is 0 Å². The van der Waals surface area contributed by atoms with Crippen molar-refractivity contribution in [3.63, 3.8) is 0 Å². The fourth-order valence-electron chi connectivity index (χ4n) is 1.20. The molecular weight excluding hydrogens is 172 g/mol. The van der Waals surface area contributed by atoms with Crippen LogP contribution in [0.2, 0.25) is 0 Å². The lowest BCUT2D eigenvalue weighted by Crippen LogP contribution is -2.35. The first-order chi connectivity index (χ1) is 6.55. The van der Waals surface area contributed by atoms with E-state index in [4.69, 9.17) is 11.7 Å². The summed E-state index contributed by atoms with van der Waals surface area (Å²) in [5.41, 5.74) is 0.153. The Bertz CT molecular complexity index is 230. The Balaban J connectivity index is 3.87. The Labute approximate surface area is 87.7 Å². The molecular formula is C12H20N2. The van der Waals surface area contributed by atoms with Crippen LogP contribution in [-0.2, 0) is 0 Å². The average Bonchev–Trinajstić information content (AvgIpc) is 2.16. The third kappa shape index (κ3) is 5.62. The van der Waals surface area contributed by atoms with E-state index in [2.05, 4.69) is 38.1 Å². The standard InChI is InChI=1S/C12H20N2/c1-5-11(6-2)14-10-12(3,4)8-7-9-13/h1,11,14H,6-8,10H2,2-4H3. The van der Waals surface area contributed by atoms with Crippen molar-refractivity contribution in [3.8, 4) is 18.4 Å². The molecule has 1 N–H and O–H groups in total. The van der Waals surface area contributed by atoms with Gasteiger partial charge in [-0.1, -0.05) is 26.7 Å². The molecule has 0 saturated carbocycles. The van der Waals surface area contributed by atoms with E-state index in [1.54, 1.807) is 0 Å². The lowest BCUT2D eigenvalue weighted by molar-refractivity contribution is 0.309. The summed E-state index contributed by atoms with van der Waals surface area (Å²) in [5.74, 6) is 2.70. The molecule has 0 fully saturated rings. The number of terminal acetylenes is 1. The Kier molecular flexibility index (Phi) is 6.00. The minimum Gasteiger partial charge on any atom is -0.303 e. The van der Waals surface area contributed by atoms with Crippen LogP contribution in [0.1, 0.15) is 40.0 Å². The van der Waals surface area contributed by atoms with Gasteiger partial charge in [0, 0.05) is 13.0 Å². The van der Waals surface area contributed by atoms with E-state index in [-0.39, 0.29) is 11.5 Å². The van der Waals surface area contributed by atoms with Crippen LogP contribution in [-0.4, -0.2) is 12.6 Å².